The van der Waals surface area contributed by atoms with E-state index < -0.39 is 21.7 Å². The van der Waals surface area contributed by atoms with Crippen LogP contribution in [0.5, 0.6) is 0 Å². The number of urea groups is 1. The minimum Gasteiger partial charge on any atom is -0.447 e. The van der Waals surface area contributed by atoms with Crippen LogP contribution in [0.2, 0.25) is 5.02 Å². The Labute approximate surface area is 186 Å². The third-order valence-electron chi connectivity index (χ3n) is 6.73. The second kappa shape index (κ2) is 7.25. The van der Waals surface area contributed by atoms with Gasteiger partial charge in [-0.25, -0.2) is 9.52 Å². The van der Waals surface area contributed by atoms with E-state index >= 15 is 0 Å². The van der Waals surface area contributed by atoms with Gasteiger partial charge in [-0.2, -0.15) is 8.42 Å². The quantitative estimate of drug-likeness (QED) is 0.637. The highest BCUT2D eigenvalue weighted by Gasteiger charge is 2.36. The molecular weight excluding hydrogens is 440 g/mol. The molecule has 1 heterocycles. The standard InChI is InChI=1S/C22H25ClN2O5S/c1-22(27)10-4-9-17-16(22)11-18(30-17)31(28,29)25-21(26)24-20-14-7-2-5-12(14)19(23)13-6-3-8-15(13)20/h11,27H,2-10H2,1H3,(H2,24,25,26). The molecule has 0 radical (unpaired) electrons. The van der Waals surface area contributed by atoms with E-state index in [0.29, 0.717) is 36.3 Å². The summed E-state index contributed by atoms with van der Waals surface area (Å²) in [5, 5.41) is 13.8. The third kappa shape index (κ3) is 3.45. The van der Waals surface area contributed by atoms with Crippen molar-refractivity contribution in [1.29, 1.82) is 0 Å². The Morgan fingerprint density at radius 1 is 1.06 bits per heavy atom. The zero-order valence-corrected chi connectivity index (χ0v) is 18.9. The fraction of sp³-hybridized carbons (Fsp3) is 0.500. The van der Waals surface area contributed by atoms with Crippen molar-refractivity contribution in [3.8, 4) is 0 Å². The third-order valence-corrected chi connectivity index (χ3v) is 8.37. The number of carbonyl (C=O) groups excluding carboxylic acids is 1. The van der Waals surface area contributed by atoms with Gasteiger partial charge in [0.15, 0.2) is 0 Å². The van der Waals surface area contributed by atoms with Crippen LogP contribution in [-0.4, -0.2) is 19.6 Å². The number of benzene rings is 1. The Kier molecular flexibility index (Phi) is 4.88. The fourth-order valence-electron chi connectivity index (χ4n) is 5.26. The van der Waals surface area contributed by atoms with Crippen molar-refractivity contribution in [1.82, 2.24) is 4.72 Å². The highest BCUT2D eigenvalue weighted by atomic mass is 35.5. The van der Waals surface area contributed by atoms with Crippen LogP contribution in [0.15, 0.2) is 15.6 Å². The summed E-state index contributed by atoms with van der Waals surface area (Å²) in [4.78, 5) is 12.7. The molecule has 5 rings (SSSR count). The van der Waals surface area contributed by atoms with E-state index in [-0.39, 0.29) is 5.09 Å². The molecule has 3 aliphatic rings. The number of anilines is 1. The van der Waals surface area contributed by atoms with E-state index in [0.717, 1.165) is 65.8 Å². The molecule has 0 fully saturated rings. The number of nitrogens with one attached hydrogen (secondary N) is 2. The van der Waals surface area contributed by atoms with Crippen molar-refractivity contribution in [2.75, 3.05) is 5.32 Å². The number of hydrogen-bond acceptors (Lipinski definition) is 5. The monoisotopic (exact) mass is 464 g/mol. The molecule has 2 aromatic rings. The van der Waals surface area contributed by atoms with Gasteiger partial charge in [-0.3, -0.25) is 0 Å². The number of carbonyl (C=O) groups is 1. The number of aliphatic hydroxyl groups is 1. The second-order valence-corrected chi connectivity index (χ2v) is 10.9. The summed E-state index contributed by atoms with van der Waals surface area (Å²) >= 11 is 6.61. The number of amides is 2. The summed E-state index contributed by atoms with van der Waals surface area (Å²) in [7, 11) is -4.23. The Hall–Kier alpha value is -2.03. The van der Waals surface area contributed by atoms with Crippen LogP contribution >= 0.6 is 11.6 Å². The summed E-state index contributed by atoms with van der Waals surface area (Å²) < 4.78 is 33.2. The molecule has 0 spiro atoms. The van der Waals surface area contributed by atoms with Gasteiger partial charge in [-0.1, -0.05) is 11.6 Å². The normalized spacial score (nSPS) is 22.0. The van der Waals surface area contributed by atoms with Gasteiger partial charge in [-0.05, 0) is 80.5 Å². The van der Waals surface area contributed by atoms with Crippen LogP contribution in [0.25, 0.3) is 0 Å². The smallest absolute Gasteiger partial charge is 0.333 e. The van der Waals surface area contributed by atoms with Gasteiger partial charge in [0.1, 0.15) is 5.76 Å². The lowest BCUT2D eigenvalue weighted by Crippen LogP contribution is -2.34. The first kappa shape index (κ1) is 20.8. The number of halogens is 1. The topological polar surface area (TPSA) is 109 Å². The Balaban J connectivity index is 1.42. The van der Waals surface area contributed by atoms with Crippen LogP contribution in [0.1, 0.15) is 66.2 Å². The minimum absolute atomic E-state index is 0.360. The SMILES string of the molecule is CC1(O)CCCc2oc(S(=O)(=O)NC(=O)Nc3c4c(c(Cl)c5c3CCC5)CCC4)cc21. The largest absolute Gasteiger partial charge is 0.447 e. The van der Waals surface area contributed by atoms with Gasteiger partial charge in [0.05, 0.1) is 5.60 Å². The summed E-state index contributed by atoms with van der Waals surface area (Å²) in [5.74, 6) is 0.449. The van der Waals surface area contributed by atoms with Crippen molar-refractivity contribution < 1.29 is 22.7 Å². The Morgan fingerprint density at radius 3 is 2.29 bits per heavy atom. The summed E-state index contributed by atoms with van der Waals surface area (Å²) in [6.45, 7) is 1.64. The maximum atomic E-state index is 12.8. The van der Waals surface area contributed by atoms with Crippen LogP contribution in [0.4, 0.5) is 10.5 Å². The average Bonchev–Trinajstić information content (AvgIpc) is 3.43. The predicted molar refractivity (Wildman–Crippen MR) is 116 cm³/mol. The zero-order valence-electron chi connectivity index (χ0n) is 17.3. The lowest BCUT2D eigenvalue weighted by Gasteiger charge is -2.26. The highest BCUT2D eigenvalue weighted by molar-refractivity contribution is 7.89. The molecule has 7 nitrogen and oxygen atoms in total. The molecule has 0 aliphatic heterocycles. The maximum Gasteiger partial charge on any atom is 0.333 e. The second-order valence-electron chi connectivity index (χ2n) is 8.90. The molecule has 0 saturated heterocycles. The fourth-order valence-corrected chi connectivity index (χ4v) is 6.55. The van der Waals surface area contributed by atoms with Crippen LogP contribution in [-0.2, 0) is 47.7 Å². The van der Waals surface area contributed by atoms with Gasteiger partial charge < -0.3 is 14.8 Å². The molecule has 3 aliphatic carbocycles. The molecule has 3 N–H and O–H groups in total. The van der Waals surface area contributed by atoms with Gasteiger partial charge >= 0.3 is 6.03 Å². The van der Waals surface area contributed by atoms with Crippen LogP contribution < -0.4 is 10.0 Å². The van der Waals surface area contributed by atoms with Crippen molar-refractivity contribution in [2.45, 2.75) is 75.4 Å². The first-order valence-electron chi connectivity index (χ1n) is 10.7. The summed E-state index contributed by atoms with van der Waals surface area (Å²) in [6, 6.07) is 0.494. The highest BCUT2D eigenvalue weighted by Crippen LogP contribution is 2.44. The van der Waals surface area contributed by atoms with Crippen molar-refractivity contribution in [3.63, 3.8) is 0 Å². The number of fused-ring (bicyclic) bond motifs is 3. The van der Waals surface area contributed by atoms with Gasteiger partial charge in [0.2, 0.25) is 5.09 Å². The minimum atomic E-state index is -4.23. The van der Waals surface area contributed by atoms with Gasteiger partial charge in [-0.15, -0.1) is 0 Å². The zero-order chi connectivity index (χ0) is 22.0. The van der Waals surface area contributed by atoms with Crippen molar-refractivity contribution in [3.05, 3.63) is 44.7 Å². The number of sulfonamides is 1. The van der Waals surface area contributed by atoms with Gasteiger partial charge in [0.25, 0.3) is 10.0 Å². The molecule has 9 heteroatoms. The van der Waals surface area contributed by atoms with E-state index in [4.69, 9.17) is 16.0 Å². The number of furan rings is 1. The van der Waals surface area contributed by atoms with Crippen molar-refractivity contribution >= 4 is 33.3 Å². The van der Waals surface area contributed by atoms with E-state index in [9.17, 15) is 18.3 Å². The molecule has 1 unspecified atom stereocenters. The summed E-state index contributed by atoms with van der Waals surface area (Å²) in [6.07, 6.45) is 7.07. The lowest BCUT2D eigenvalue weighted by molar-refractivity contribution is 0.0362. The van der Waals surface area contributed by atoms with E-state index in [1.54, 1.807) is 6.92 Å². The molecule has 1 atom stereocenters. The lowest BCUT2D eigenvalue weighted by atomic mass is 9.85. The van der Waals surface area contributed by atoms with Crippen LogP contribution in [0, 0.1) is 0 Å². The molecule has 166 valence electrons. The molecular formula is C22H25ClN2O5S. The Bertz CT molecular complexity index is 1160. The predicted octanol–water partition coefficient (Wildman–Crippen LogP) is 3.96. The van der Waals surface area contributed by atoms with Crippen molar-refractivity contribution in [2.24, 2.45) is 0 Å². The van der Waals surface area contributed by atoms with E-state index in [1.165, 1.54) is 6.07 Å². The maximum absolute atomic E-state index is 12.8. The molecule has 0 bridgehead atoms. The van der Waals surface area contributed by atoms with E-state index in [2.05, 4.69) is 10.0 Å². The van der Waals surface area contributed by atoms with Crippen LogP contribution in [0.3, 0.4) is 0 Å². The molecule has 2 amide bonds. The Morgan fingerprint density at radius 2 is 1.68 bits per heavy atom. The molecule has 0 saturated carbocycles. The van der Waals surface area contributed by atoms with Gasteiger partial charge in [0, 0.05) is 28.8 Å². The van der Waals surface area contributed by atoms with E-state index in [1.807, 2.05) is 0 Å². The summed E-state index contributed by atoms with van der Waals surface area (Å²) in [5.41, 5.74) is 4.21. The number of aryl methyl sites for hydroxylation is 1. The first-order chi connectivity index (χ1) is 14.7. The molecule has 1 aromatic heterocycles. The average molecular weight is 465 g/mol. The number of hydrogen-bond donors (Lipinski definition) is 3. The molecule has 1 aromatic carbocycles. The number of rotatable bonds is 3. The first-order valence-corrected chi connectivity index (χ1v) is 12.6. The molecule has 31 heavy (non-hydrogen) atoms.